The average Bonchev–Trinajstić information content (AvgIpc) is 3.30. The Morgan fingerprint density at radius 2 is 1.47 bits per heavy atom. The summed E-state index contributed by atoms with van der Waals surface area (Å²) in [5, 5.41) is 14.2. The zero-order chi connectivity index (χ0) is 25.2. The number of amides is 2. The monoisotopic (exact) mass is 497 g/mol. The molecule has 0 aliphatic carbocycles. The molecule has 4 aromatic rings. The molecule has 1 aliphatic rings. The van der Waals surface area contributed by atoms with Gasteiger partial charge in [0.25, 0.3) is 11.8 Å². The second-order valence-electron chi connectivity index (χ2n) is 8.61. The molecule has 180 valence electrons. The normalized spacial score (nSPS) is 14.6. The highest BCUT2D eigenvalue weighted by molar-refractivity contribution is 6.30. The molecule has 0 radical (unpaired) electrons. The highest BCUT2D eigenvalue weighted by Crippen LogP contribution is 2.38. The van der Waals surface area contributed by atoms with Crippen molar-refractivity contribution in [3.05, 3.63) is 118 Å². The Labute approximate surface area is 213 Å². The molecule has 5 rings (SSSR count). The first-order chi connectivity index (χ1) is 17.4. The number of rotatable bonds is 5. The summed E-state index contributed by atoms with van der Waals surface area (Å²) in [6.07, 6.45) is 1.52. The van der Waals surface area contributed by atoms with Gasteiger partial charge in [-0.1, -0.05) is 59.6 Å². The summed E-state index contributed by atoms with van der Waals surface area (Å²) < 4.78 is 1.68. The largest absolute Gasteiger partial charge is 0.343 e. The van der Waals surface area contributed by atoms with Crippen molar-refractivity contribution in [1.29, 1.82) is 0 Å². The van der Waals surface area contributed by atoms with Crippen molar-refractivity contribution in [2.45, 2.75) is 19.9 Å². The molecule has 1 aliphatic heterocycles. The molecule has 3 aromatic carbocycles. The Morgan fingerprint density at radius 3 is 2.14 bits per heavy atom. The minimum absolute atomic E-state index is 0.275. The van der Waals surface area contributed by atoms with Crippen molar-refractivity contribution in [2.75, 3.05) is 16.0 Å². The molecular weight excluding hydrogens is 474 g/mol. The number of benzene rings is 3. The molecule has 0 fully saturated rings. The fourth-order valence-electron chi connectivity index (χ4n) is 4.23. The number of aromatic nitrogens is 2. The van der Waals surface area contributed by atoms with E-state index in [1.54, 1.807) is 28.9 Å². The Kier molecular flexibility index (Phi) is 6.31. The van der Waals surface area contributed by atoms with Gasteiger partial charge in [-0.25, -0.2) is 4.68 Å². The van der Waals surface area contributed by atoms with E-state index in [2.05, 4.69) is 21.0 Å². The second-order valence-corrected chi connectivity index (χ2v) is 9.05. The van der Waals surface area contributed by atoms with Crippen molar-refractivity contribution in [3.63, 3.8) is 0 Å². The fourth-order valence-corrected chi connectivity index (χ4v) is 4.35. The predicted molar refractivity (Wildman–Crippen MR) is 142 cm³/mol. The van der Waals surface area contributed by atoms with Crippen LogP contribution in [0.25, 0.3) is 0 Å². The first-order valence-corrected chi connectivity index (χ1v) is 11.8. The number of carbonyl (C=O) groups is 2. The Bertz CT molecular complexity index is 1460. The van der Waals surface area contributed by atoms with Gasteiger partial charge in [0, 0.05) is 22.1 Å². The first-order valence-electron chi connectivity index (χ1n) is 11.5. The van der Waals surface area contributed by atoms with Crippen LogP contribution in [0.5, 0.6) is 0 Å². The predicted octanol–water partition coefficient (Wildman–Crippen LogP) is 6.02. The molecular formula is C28H24ClN5O2. The number of nitrogens with one attached hydrogen (secondary N) is 3. The van der Waals surface area contributed by atoms with E-state index in [-0.39, 0.29) is 11.8 Å². The molecule has 8 heteroatoms. The lowest BCUT2D eigenvalue weighted by atomic mass is 9.94. The van der Waals surface area contributed by atoms with E-state index in [1.165, 1.54) is 6.20 Å². The van der Waals surface area contributed by atoms with Gasteiger partial charge in [0.1, 0.15) is 17.4 Å². The van der Waals surface area contributed by atoms with E-state index in [1.807, 2.05) is 68.4 Å². The van der Waals surface area contributed by atoms with Crippen LogP contribution in [0.3, 0.4) is 0 Å². The molecule has 0 spiro atoms. The molecule has 2 heterocycles. The lowest BCUT2D eigenvalue weighted by Crippen LogP contribution is -2.32. The molecule has 7 nitrogen and oxygen atoms in total. The summed E-state index contributed by atoms with van der Waals surface area (Å²) in [7, 11) is 0. The number of hydrogen-bond acceptors (Lipinski definition) is 4. The van der Waals surface area contributed by atoms with Crippen molar-refractivity contribution in [1.82, 2.24) is 9.78 Å². The highest BCUT2D eigenvalue weighted by Gasteiger charge is 2.35. The summed E-state index contributed by atoms with van der Waals surface area (Å²) in [6.45, 7) is 3.81. The summed E-state index contributed by atoms with van der Waals surface area (Å²) in [5.74, 6) is -0.0433. The van der Waals surface area contributed by atoms with Crippen LogP contribution in [-0.2, 0) is 4.79 Å². The van der Waals surface area contributed by atoms with Gasteiger partial charge >= 0.3 is 0 Å². The number of halogens is 1. The Morgan fingerprint density at radius 1 is 0.861 bits per heavy atom. The third kappa shape index (κ3) is 4.61. The van der Waals surface area contributed by atoms with Crippen molar-refractivity contribution in [2.24, 2.45) is 0 Å². The zero-order valence-corrected chi connectivity index (χ0v) is 20.5. The summed E-state index contributed by atoms with van der Waals surface area (Å²) in [4.78, 5) is 26.7. The average molecular weight is 498 g/mol. The van der Waals surface area contributed by atoms with E-state index in [0.29, 0.717) is 39.0 Å². The number of fused-ring (bicyclic) bond motifs is 1. The van der Waals surface area contributed by atoms with Gasteiger partial charge in [0.2, 0.25) is 0 Å². The van der Waals surface area contributed by atoms with Crippen LogP contribution in [0.2, 0.25) is 5.02 Å². The molecule has 36 heavy (non-hydrogen) atoms. The summed E-state index contributed by atoms with van der Waals surface area (Å²) in [5.41, 5.74) is 4.80. The van der Waals surface area contributed by atoms with Gasteiger partial charge in [-0.15, -0.1) is 0 Å². The Hall–Kier alpha value is -4.36. The molecule has 0 bridgehead atoms. The third-order valence-electron chi connectivity index (χ3n) is 6.04. The minimum atomic E-state index is -0.532. The minimum Gasteiger partial charge on any atom is -0.343 e. The maximum atomic E-state index is 13.5. The summed E-state index contributed by atoms with van der Waals surface area (Å²) >= 11 is 5.99. The van der Waals surface area contributed by atoms with E-state index < -0.39 is 6.04 Å². The summed E-state index contributed by atoms with van der Waals surface area (Å²) in [6, 6.07) is 23.6. The molecule has 0 unspecified atom stereocenters. The van der Waals surface area contributed by atoms with Gasteiger partial charge in [0.15, 0.2) is 0 Å². The topological polar surface area (TPSA) is 88.0 Å². The molecule has 3 N–H and O–H groups in total. The number of aryl methyl sites for hydroxylation is 1. The number of nitrogens with zero attached hydrogens (tertiary/aromatic N) is 2. The molecule has 0 saturated carbocycles. The van der Waals surface area contributed by atoms with Crippen LogP contribution >= 0.6 is 11.6 Å². The van der Waals surface area contributed by atoms with Crippen LogP contribution in [0.4, 0.5) is 17.2 Å². The van der Waals surface area contributed by atoms with Gasteiger partial charge < -0.3 is 16.0 Å². The number of anilines is 3. The van der Waals surface area contributed by atoms with Crippen LogP contribution in [-0.4, -0.2) is 21.6 Å². The van der Waals surface area contributed by atoms with Crippen molar-refractivity contribution < 1.29 is 9.59 Å². The van der Waals surface area contributed by atoms with Crippen molar-refractivity contribution >= 4 is 40.6 Å². The smallest absolute Gasteiger partial charge is 0.261 e. The maximum absolute atomic E-state index is 13.5. The van der Waals surface area contributed by atoms with E-state index in [4.69, 9.17) is 11.6 Å². The lowest BCUT2D eigenvalue weighted by Gasteiger charge is -2.30. The van der Waals surface area contributed by atoms with Gasteiger partial charge in [-0.2, -0.15) is 5.10 Å². The fraction of sp³-hybridized carbons (Fsp3) is 0.107. The quantitative estimate of drug-likeness (QED) is 0.314. The molecule has 2 amide bonds. The van der Waals surface area contributed by atoms with Crippen LogP contribution in [0, 0.1) is 6.92 Å². The van der Waals surface area contributed by atoms with Crippen LogP contribution in [0.1, 0.15) is 34.5 Å². The first kappa shape index (κ1) is 23.4. The van der Waals surface area contributed by atoms with E-state index in [0.717, 1.165) is 11.1 Å². The van der Waals surface area contributed by atoms with Gasteiger partial charge in [0.05, 0.1) is 11.8 Å². The lowest BCUT2D eigenvalue weighted by molar-refractivity contribution is -0.113. The van der Waals surface area contributed by atoms with E-state index in [9.17, 15) is 9.59 Å². The van der Waals surface area contributed by atoms with Crippen molar-refractivity contribution in [3.8, 4) is 0 Å². The molecule has 0 saturated heterocycles. The van der Waals surface area contributed by atoms with Crippen LogP contribution in [0.15, 0.2) is 96.3 Å². The number of hydrogen-bond donors (Lipinski definition) is 3. The highest BCUT2D eigenvalue weighted by atomic mass is 35.5. The molecule has 1 aromatic heterocycles. The Balaban J connectivity index is 1.51. The number of carbonyl (C=O) groups excluding carboxylic acids is 2. The second kappa shape index (κ2) is 9.71. The number of allylic oxidation sites excluding steroid dienone is 1. The SMILES string of the molecule is CC1=C(C(=O)Nc2ccc(Cl)cc2)[C@@H](c2ccccc2)n2ncc(C(=O)Nc3ccc(C)cc3)c2N1. The molecule has 1 atom stereocenters. The third-order valence-corrected chi connectivity index (χ3v) is 6.29. The van der Waals surface area contributed by atoms with Gasteiger partial charge in [-0.3, -0.25) is 9.59 Å². The van der Waals surface area contributed by atoms with Gasteiger partial charge in [-0.05, 0) is 55.8 Å². The zero-order valence-electron chi connectivity index (χ0n) is 19.7. The van der Waals surface area contributed by atoms with Crippen LogP contribution < -0.4 is 16.0 Å². The van der Waals surface area contributed by atoms with E-state index >= 15 is 0 Å². The standard InChI is InChI=1S/C28H24ClN5O2/c1-17-8-12-21(13-9-17)32-27(35)23-16-30-34-25(19-6-4-3-5-7-19)24(18(2)31-26(23)34)28(36)33-22-14-10-20(29)11-15-22/h3-16,25,31H,1-2H3,(H,32,35)(H,33,36)/t25-/m1/s1. The maximum Gasteiger partial charge on any atom is 0.261 e.